The van der Waals surface area contributed by atoms with E-state index in [1.807, 2.05) is 5.32 Å². The molecule has 10 heteroatoms. The number of para-hydroxylation sites is 1. The lowest BCUT2D eigenvalue weighted by Gasteiger charge is -2.19. The van der Waals surface area contributed by atoms with Gasteiger partial charge in [-0.05, 0) is 36.4 Å². The third kappa shape index (κ3) is 5.07. The van der Waals surface area contributed by atoms with Gasteiger partial charge >= 0.3 is 12.0 Å². The average Bonchev–Trinajstić information content (AvgIpc) is 2.72. The first-order valence-corrected chi connectivity index (χ1v) is 9.52. The van der Waals surface area contributed by atoms with Gasteiger partial charge in [-0.25, -0.2) is 18.0 Å². The number of hydrogen-bond donors (Lipinski definition) is 2. The molecule has 2 aromatic rings. The minimum Gasteiger partial charge on any atom is -0.452 e. The highest BCUT2D eigenvalue weighted by molar-refractivity contribution is 7.92. The first kappa shape index (κ1) is 20.9. The molecular weight excluding hydrogens is 386 g/mol. The molecule has 0 aliphatic heterocycles. The molecule has 0 fully saturated rings. The second-order valence-corrected chi connectivity index (χ2v) is 7.51. The molecule has 2 rings (SSSR count). The zero-order valence-corrected chi connectivity index (χ0v) is 16.0. The summed E-state index contributed by atoms with van der Waals surface area (Å²) in [5.41, 5.74) is 0.558. The van der Waals surface area contributed by atoms with E-state index >= 15 is 0 Å². The van der Waals surface area contributed by atoms with Crippen LogP contribution in [0.5, 0.6) is 0 Å². The van der Waals surface area contributed by atoms with Crippen LogP contribution in [0.3, 0.4) is 0 Å². The van der Waals surface area contributed by atoms with E-state index in [1.165, 1.54) is 38.4 Å². The smallest absolute Gasteiger partial charge is 0.338 e. The highest BCUT2D eigenvalue weighted by Crippen LogP contribution is 2.22. The molecule has 0 saturated heterocycles. The minimum absolute atomic E-state index is 0.00670. The normalized spacial score (nSPS) is 10.6. The lowest BCUT2D eigenvalue weighted by atomic mass is 10.2. The Bertz CT molecular complexity index is 959. The maximum Gasteiger partial charge on any atom is 0.338 e. The van der Waals surface area contributed by atoms with Gasteiger partial charge in [0, 0.05) is 14.1 Å². The Morgan fingerprint density at radius 3 is 2.18 bits per heavy atom. The van der Waals surface area contributed by atoms with Gasteiger partial charge in [-0.15, -0.1) is 0 Å². The lowest BCUT2D eigenvalue weighted by Crippen LogP contribution is -2.39. The fourth-order valence-corrected chi connectivity index (χ4v) is 3.33. The van der Waals surface area contributed by atoms with Gasteiger partial charge in [-0.2, -0.15) is 0 Å². The molecular formula is C18H19N3O6S. The standard InChI is InChI=1S/C18H19N3O6S/c1-19-18(24)20-16(22)12-27-17(23)13-8-10-15(11-9-13)28(25,26)21(2)14-6-4-3-5-7-14/h3-11H,12H2,1-2H3,(H2,19,20,22,24). The van der Waals surface area contributed by atoms with Gasteiger partial charge < -0.3 is 10.1 Å². The molecule has 28 heavy (non-hydrogen) atoms. The molecule has 148 valence electrons. The molecule has 2 N–H and O–H groups in total. The van der Waals surface area contributed by atoms with Gasteiger partial charge in [0.2, 0.25) is 0 Å². The second-order valence-electron chi connectivity index (χ2n) is 5.54. The predicted molar refractivity (Wildman–Crippen MR) is 101 cm³/mol. The van der Waals surface area contributed by atoms with Crippen molar-refractivity contribution in [2.24, 2.45) is 0 Å². The number of nitrogens with one attached hydrogen (secondary N) is 2. The fourth-order valence-electron chi connectivity index (χ4n) is 2.14. The zero-order chi connectivity index (χ0) is 20.7. The van der Waals surface area contributed by atoms with E-state index in [2.05, 4.69) is 5.32 Å². The van der Waals surface area contributed by atoms with Crippen molar-refractivity contribution in [1.29, 1.82) is 0 Å². The maximum absolute atomic E-state index is 12.7. The summed E-state index contributed by atoms with van der Waals surface area (Å²) in [5, 5.41) is 4.13. The molecule has 3 amide bonds. The van der Waals surface area contributed by atoms with Gasteiger partial charge in [0.05, 0.1) is 16.1 Å². The number of amides is 3. The largest absolute Gasteiger partial charge is 0.452 e. The summed E-state index contributed by atoms with van der Waals surface area (Å²) >= 11 is 0. The molecule has 0 aliphatic carbocycles. The number of rotatable bonds is 6. The van der Waals surface area contributed by atoms with E-state index in [0.717, 1.165) is 4.31 Å². The molecule has 0 atom stereocenters. The number of nitrogens with zero attached hydrogens (tertiary/aromatic N) is 1. The minimum atomic E-state index is -3.80. The van der Waals surface area contributed by atoms with Crippen molar-refractivity contribution >= 4 is 33.6 Å². The van der Waals surface area contributed by atoms with Crippen LogP contribution in [0.15, 0.2) is 59.5 Å². The third-order valence-corrected chi connectivity index (χ3v) is 5.48. The van der Waals surface area contributed by atoms with Crippen LogP contribution < -0.4 is 14.9 Å². The Morgan fingerprint density at radius 2 is 1.61 bits per heavy atom. The second kappa shape index (κ2) is 9.00. The van der Waals surface area contributed by atoms with Crippen molar-refractivity contribution in [3.8, 4) is 0 Å². The summed E-state index contributed by atoms with van der Waals surface area (Å²) in [4.78, 5) is 34.3. The number of ether oxygens (including phenoxy) is 1. The van der Waals surface area contributed by atoms with Crippen molar-refractivity contribution in [3.05, 3.63) is 60.2 Å². The van der Waals surface area contributed by atoms with Crippen molar-refractivity contribution < 1.29 is 27.5 Å². The summed E-state index contributed by atoms with van der Waals surface area (Å²) < 4.78 is 31.3. The number of imide groups is 1. The lowest BCUT2D eigenvalue weighted by molar-refractivity contribution is -0.123. The molecule has 0 heterocycles. The Balaban J connectivity index is 2.05. The summed E-state index contributed by atoms with van der Waals surface area (Å²) in [6.45, 7) is -0.650. The fraction of sp³-hybridized carbons (Fsp3) is 0.167. The van der Waals surface area contributed by atoms with E-state index in [1.54, 1.807) is 30.3 Å². The number of sulfonamides is 1. The zero-order valence-electron chi connectivity index (χ0n) is 15.2. The number of urea groups is 1. The first-order chi connectivity index (χ1) is 13.3. The van der Waals surface area contributed by atoms with Crippen molar-refractivity contribution in [3.63, 3.8) is 0 Å². The molecule has 0 aliphatic rings. The number of hydrogen-bond acceptors (Lipinski definition) is 6. The van der Waals surface area contributed by atoms with E-state index in [-0.39, 0.29) is 10.5 Å². The van der Waals surface area contributed by atoms with Crippen LogP contribution in [0.4, 0.5) is 10.5 Å². The monoisotopic (exact) mass is 405 g/mol. The molecule has 0 unspecified atom stereocenters. The SMILES string of the molecule is CNC(=O)NC(=O)COC(=O)c1ccc(S(=O)(=O)N(C)c2ccccc2)cc1. The Hall–Kier alpha value is -3.40. The predicted octanol–water partition coefficient (Wildman–Crippen LogP) is 1.12. The quantitative estimate of drug-likeness (QED) is 0.695. The average molecular weight is 405 g/mol. The first-order valence-electron chi connectivity index (χ1n) is 8.08. The summed E-state index contributed by atoms with van der Waals surface area (Å²) in [5.74, 6) is -1.62. The van der Waals surface area contributed by atoms with Crippen LogP contribution in [0.1, 0.15) is 10.4 Å². The Kier molecular flexibility index (Phi) is 6.72. The van der Waals surface area contributed by atoms with Gasteiger partial charge in [0.25, 0.3) is 15.9 Å². The number of carbonyl (C=O) groups excluding carboxylic acids is 3. The number of anilines is 1. The molecule has 0 saturated carbocycles. The van der Waals surface area contributed by atoms with Crippen LogP contribution in [-0.2, 0) is 19.6 Å². The van der Waals surface area contributed by atoms with Gasteiger partial charge in [-0.1, -0.05) is 18.2 Å². The van der Waals surface area contributed by atoms with E-state index in [9.17, 15) is 22.8 Å². The Morgan fingerprint density at radius 1 is 1.00 bits per heavy atom. The summed E-state index contributed by atoms with van der Waals surface area (Å²) in [6, 6.07) is 12.9. The molecule has 0 bridgehead atoms. The van der Waals surface area contributed by atoms with Crippen LogP contribution in [0, 0.1) is 0 Å². The van der Waals surface area contributed by atoms with Crippen LogP contribution in [0.2, 0.25) is 0 Å². The third-order valence-electron chi connectivity index (χ3n) is 3.68. The van der Waals surface area contributed by atoms with Crippen LogP contribution in [0.25, 0.3) is 0 Å². The van der Waals surface area contributed by atoms with Gasteiger partial charge in [0.15, 0.2) is 6.61 Å². The topological polar surface area (TPSA) is 122 Å². The number of carbonyl (C=O) groups is 3. The molecule has 2 aromatic carbocycles. The molecule has 9 nitrogen and oxygen atoms in total. The van der Waals surface area contributed by atoms with Crippen molar-refractivity contribution in [2.45, 2.75) is 4.90 Å². The van der Waals surface area contributed by atoms with E-state index in [4.69, 9.17) is 4.74 Å². The Labute approximate surface area is 162 Å². The van der Waals surface area contributed by atoms with E-state index in [0.29, 0.717) is 5.69 Å². The molecule has 0 aromatic heterocycles. The van der Waals surface area contributed by atoms with Gasteiger partial charge in [0.1, 0.15) is 0 Å². The highest BCUT2D eigenvalue weighted by Gasteiger charge is 2.22. The maximum atomic E-state index is 12.7. The highest BCUT2D eigenvalue weighted by atomic mass is 32.2. The van der Waals surface area contributed by atoms with Crippen molar-refractivity contribution in [1.82, 2.24) is 10.6 Å². The van der Waals surface area contributed by atoms with Crippen LogP contribution >= 0.6 is 0 Å². The van der Waals surface area contributed by atoms with Crippen molar-refractivity contribution in [2.75, 3.05) is 25.0 Å². The summed E-state index contributed by atoms with van der Waals surface area (Å²) in [7, 11) is -1.04. The summed E-state index contributed by atoms with van der Waals surface area (Å²) in [6.07, 6.45) is 0. The molecule has 0 spiro atoms. The number of benzene rings is 2. The van der Waals surface area contributed by atoms with E-state index < -0.39 is 34.5 Å². The van der Waals surface area contributed by atoms with Crippen LogP contribution in [-0.4, -0.2) is 47.0 Å². The number of esters is 1. The van der Waals surface area contributed by atoms with Gasteiger partial charge in [-0.3, -0.25) is 14.4 Å². The molecule has 0 radical (unpaired) electrons.